The fourth-order valence-electron chi connectivity index (χ4n) is 2.86. The number of carboxylic acids is 1. The van der Waals surface area contributed by atoms with Crippen molar-refractivity contribution in [3.05, 3.63) is 41.8 Å². The summed E-state index contributed by atoms with van der Waals surface area (Å²) in [6.45, 7) is 3.89. The molecule has 2 aromatic rings. The second kappa shape index (κ2) is 6.89. The minimum Gasteiger partial charge on any atom is -0.480 e. The van der Waals surface area contributed by atoms with Crippen molar-refractivity contribution in [2.24, 2.45) is 0 Å². The average Bonchev–Trinajstić information content (AvgIpc) is 2.97. The van der Waals surface area contributed by atoms with Gasteiger partial charge in [0, 0.05) is 43.9 Å². The van der Waals surface area contributed by atoms with Gasteiger partial charge in [-0.15, -0.1) is 0 Å². The summed E-state index contributed by atoms with van der Waals surface area (Å²) in [6.07, 6.45) is 1.77. The molecule has 1 saturated heterocycles. The van der Waals surface area contributed by atoms with Crippen LogP contribution in [-0.4, -0.2) is 63.8 Å². The van der Waals surface area contributed by atoms with E-state index in [1.54, 1.807) is 12.3 Å². The number of aromatic nitrogens is 2. The smallest absolute Gasteiger partial charge is 0.317 e. The fraction of sp³-hybridized carbons (Fsp3) is 0.375. The van der Waals surface area contributed by atoms with E-state index < -0.39 is 5.97 Å². The Morgan fingerprint density at radius 2 is 2.00 bits per heavy atom. The number of hydrogen-bond donors (Lipinski definition) is 2. The number of carboxylic acid groups (broad SMARTS) is 1. The lowest BCUT2D eigenvalue weighted by Gasteiger charge is -2.33. The highest BCUT2D eigenvalue weighted by molar-refractivity contribution is 5.69. The summed E-state index contributed by atoms with van der Waals surface area (Å²) in [5.41, 5.74) is 2.63. The Labute approximate surface area is 133 Å². The van der Waals surface area contributed by atoms with Crippen LogP contribution in [0.2, 0.25) is 0 Å². The van der Waals surface area contributed by atoms with Crippen LogP contribution in [-0.2, 0) is 11.3 Å². The van der Waals surface area contributed by atoms with Crippen molar-refractivity contribution < 1.29 is 14.3 Å². The Bertz CT molecular complexity index is 680. The summed E-state index contributed by atoms with van der Waals surface area (Å²) in [4.78, 5) is 14.9. The summed E-state index contributed by atoms with van der Waals surface area (Å²) >= 11 is 0. The van der Waals surface area contributed by atoms with Gasteiger partial charge in [0.2, 0.25) is 0 Å². The zero-order chi connectivity index (χ0) is 16.2. The molecule has 0 radical (unpaired) electrons. The highest BCUT2D eigenvalue weighted by atomic mass is 19.1. The first-order chi connectivity index (χ1) is 11.1. The van der Waals surface area contributed by atoms with Gasteiger partial charge in [0.15, 0.2) is 0 Å². The van der Waals surface area contributed by atoms with Crippen LogP contribution < -0.4 is 0 Å². The number of H-pyrrole nitrogens is 1. The SMILES string of the molecule is O=C(O)CN1CCN(Cc2cn[nH]c2-c2cccc(F)c2)CC1. The number of aliphatic carboxylic acids is 1. The number of aromatic amines is 1. The van der Waals surface area contributed by atoms with Crippen molar-refractivity contribution in [1.29, 1.82) is 0 Å². The molecular formula is C16H19FN4O2. The number of nitrogens with zero attached hydrogens (tertiary/aromatic N) is 3. The van der Waals surface area contributed by atoms with Crippen LogP contribution in [0.1, 0.15) is 5.56 Å². The zero-order valence-electron chi connectivity index (χ0n) is 12.7. The number of piperazine rings is 1. The summed E-state index contributed by atoms with van der Waals surface area (Å²) in [7, 11) is 0. The molecule has 6 nitrogen and oxygen atoms in total. The van der Waals surface area contributed by atoms with Gasteiger partial charge < -0.3 is 5.11 Å². The molecular weight excluding hydrogens is 299 g/mol. The lowest BCUT2D eigenvalue weighted by molar-refractivity contribution is -0.138. The lowest BCUT2D eigenvalue weighted by Crippen LogP contribution is -2.47. The highest BCUT2D eigenvalue weighted by Crippen LogP contribution is 2.23. The topological polar surface area (TPSA) is 72.5 Å². The standard InChI is InChI=1S/C16H19FN4O2/c17-14-3-1-2-12(8-14)16-13(9-18-19-16)10-20-4-6-21(7-5-20)11-15(22)23/h1-3,8-9H,4-7,10-11H2,(H,18,19)(H,22,23). The van der Waals surface area contributed by atoms with Gasteiger partial charge in [0.1, 0.15) is 5.82 Å². The monoisotopic (exact) mass is 318 g/mol. The predicted octanol–water partition coefficient (Wildman–Crippen LogP) is 1.42. The molecule has 0 bridgehead atoms. The van der Waals surface area contributed by atoms with E-state index in [-0.39, 0.29) is 12.4 Å². The van der Waals surface area contributed by atoms with Crippen molar-refractivity contribution >= 4 is 5.97 Å². The number of rotatable bonds is 5. The quantitative estimate of drug-likeness (QED) is 0.872. The molecule has 1 aromatic heterocycles. The second-order valence-electron chi connectivity index (χ2n) is 5.73. The Kier molecular flexibility index (Phi) is 4.68. The Morgan fingerprint density at radius 3 is 2.70 bits per heavy atom. The van der Waals surface area contributed by atoms with Crippen molar-refractivity contribution in [2.75, 3.05) is 32.7 Å². The van der Waals surface area contributed by atoms with E-state index in [9.17, 15) is 9.18 Å². The van der Waals surface area contributed by atoms with Gasteiger partial charge in [0.25, 0.3) is 0 Å². The number of benzene rings is 1. The first-order valence-electron chi connectivity index (χ1n) is 7.56. The molecule has 122 valence electrons. The zero-order valence-corrected chi connectivity index (χ0v) is 12.7. The second-order valence-corrected chi connectivity index (χ2v) is 5.73. The number of nitrogens with one attached hydrogen (secondary N) is 1. The van der Waals surface area contributed by atoms with Gasteiger partial charge in [0.05, 0.1) is 18.4 Å². The molecule has 23 heavy (non-hydrogen) atoms. The maximum absolute atomic E-state index is 13.4. The molecule has 1 aromatic carbocycles. The maximum atomic E-state index is 13.4. The van der Waals surface area contributed by atoms with Crippen LogP contribution in [0.25, 0.3) is 11.3 Å². The Hall–Kier alpha value is -2.25. The van der Waals surface area contributed by atoms with Crippen LogP contribution in [0.4, 0.5) is 4.39 Å². The minimum atomic E-state index is -0.790. The van der Waals surface area contributed by atoms with E-state index in [0.29, 0.717) is 6.54 Å². The van der Waals surface area contributed by atoms with E-state index >= 15 is 0 Å². The van der Waals surface area contributed by atoms with Crippen LogP contribution in [0.15, 0.2) is 30.5 Å². The third-order valence-corrected chi connectivity index (χ3v) is 4.05. The molecule has 0 spiro atoms. The third kappa shape index (κ3) is 3.94. The largest absolute Gasteiger partial charge is 0.480 e. The highest BCUT2D eigenvalue weighted by Gasteiger charge is 2.20. The summed E-state index contributed by atoms with van der Waals surface area (Å²) in [5.74, 6) is -1.06. The summed E-state index contributed by atoms with van der Waals surface area (Å²) in [6, 6.07) is 6.44. The maximum Gasteiger partial charge on any atom is 0.317 e. The minimum absolute atomic E-state index is 0.0914. The Balaban J connectivity index is 1.64. The first kappa shape index (κ1) is 15.6. The molecule has 0 unspecified atom stereocenters. The van der Waals surface area contributed by atoms with E-state index in [1.807, 2.05) is 11.0 Å². The van der Waals surface area contributed by atoms with Crippen molar-refractivity contribution in [3.63, 3.8) is 0 Å². The molecule has 1 fully saturated rings. The molecule has 2 heterocycles. The van der Waals surface area contributed by atoms with Gasteiger partial charge in [-0.2, -0.15) is 5.10 Å². The number of carbonyl (C=O) groups is 1. The van der Waals surface area contributed by atoms with E-state index in [1.165, 1.54) is 12.1 Å². The third-order valence-electron chi connectivity index (χ3n) is 4.05. The van der Waals surface area contributed by atoms with Crippen molar-refractivity contribution in [2.45, 2.75) is 6.54 Å². The molecule has 0 aliphatic carbocycles. The fourth-order valence-corrected chi connectivity index (χ4v) is 2.86. The van der Waals surface area contributed by atoms with Crippen LogP contribution in [0.5, 0.6) is 0 Å². The molecule has 0 saturated carbocycles. The van der Waals surface area contributed by atoms with E-state index in [2.05, 4.69) is 15.1 Å². The van der Waals surface area contributed by atoms with Gasteiger partial charge >= 0.3 is 5.97 Å². The molecule has 0 amide bonds. The van der Waals surface area contributed by atoms with Crippen molar-refractivity contribution in [1.82, 2.24) is 20.0 Å². The Morgan fingerprint density at radius 1 is 1.26 bits per heavy atom. The van der Waals surface area contributed by atoms with Crippen LogP contribution >= 0.6 is 0 Å². The molecule has 7 heteroatoms. The molecule has 1 aliphatic heterocycles. The van der Waals surface area contributed by atoms with E-state index in [4.69, 9.17) is 5.11 Å². The number of halogens is 1. The van der Waals surface area contributed by atoms with Crippen LogP contribution in [0.3, 0.4) is 0 Å². The van der Waals surface area contributed by atoms with Gasteiger partial charge in [-0.25, -0.2) is 4.39 Å². The molecule has 0 atom stereocenters. The van der Waals surface area contributed by atoms with Crippen molar-refractivity contribution in [3.8, 4) is 11.3 Å². The molecule has 1 aliphatic rings. The first-order valence-corrected chi connectivity index (χ1v) is 7.56. The van der Waals surface area contributed by atoms with Gasteiger partial charge in [-0.1, -0.05) is 12.1 Å². The summed E-state index contributed by atoms with van der Waals surface area (Å²) < 4.78 is 13.4. The average molecular weight is 318 g/mol. The summed E-state index contributed by atoms with van der Waals surface area (Å²) in [5, 5.41) is 15.9. The molecule has 2 N–H and O–H groups in total. The normalized spacial score (nSPS) is 16.6. The number of hydrogen-bond acceptors (Lipinski definition) is 4. The van der Waals surface area contributed by atoms with Crippen LogP contribution in [0, 0.1) is 5.82 Å². The van der Waals surface area contributed by atoms with E-state index in [0.717, 1.165) is 43.0 Å². The predicted molar refractivity (Wildman–Crippen MR) is 83.3 cm³/mol. The lowest BCUT2D eigenvalue weighted by atomic mass is 10.1. The van der Waals surface area contributed by atoms with Gasteiger partial charge in [-0.05, 0) is 12.1 Å². The van der Waals surface area contributed by atoms with Gasteiger partial charge in [-0.3, -0.25) is 19.7 Å². The molecule has 3 rings (SSSR count).